The summed E-state index contributed by atoms with van der Waals surface area (Å²) in [6.07, 6.45) is 1.64. The lowest BCUT2D eigenvalue weighted by molar-refractivity contribution is -0.118. The molecule has 0 bridgehead atoms. The van der Waals surface area contributed by atoms with Gasteiger partial charge in [0.05, 0.1) is 0 Å². The van der Waals surface area contributed by atoms with Crippen molar-refractivity contribution in [2.45, 2.75) is 39.7 Å². The first-order valence-corrected chi connectivity index (χ1v) is 5.23. The first-order chi connectivity index (χ1) is 5.98. The Hall–Kier alpha value is -0.370. The Labute approximate surface area is 80.1 Å². The second-order valence-electron chi connectivity index (χ2n) is 5.62. The number of nitrogens with one attached hydrogen (secondary N) is 1. The minimum Gasteiger partial charge on any atom is -0.313 e. The molecule has 0 aromatic rings. The topological polar surface area (TPSA) is 29.1 Å². The van der Waals surface area contributed by atoms with Crippen molar-refractivity contribution in [2.24, 2.45) is 17.3 Å². The van der Waals surface area contributed by atoms with Crippen LogP contribution in [-0.4, -0.2) is 18.4 Å². The first kappa shape index (κ1) is 9.20. The van der Waals surface area contributed by atoms with Gasteiger partial charge in [-0.05, 0) is 23.8 Å². The molecule has 1 aliphatic heterocycles. The first-order valence-electron chi connectivity index (χ1n) is 5.23. The van der Waals surface area contributed by atoms with Gasteiger partial charge in [-0.1, -0.05) is 20.8 Å². The lowest BCUT2D eigenvalue weighted by Gasteiger charge is -2.31. The molecule has 0 amide bonds. The quantitative estimate of drug-likeness (QED) is 0.615. The van der Waals surface area contributed by atoms with Crippen LogP contribution in [0.15, 0.2) is 0 Å². The van der Waals surface area contributed by atoms with Crippen molar-refractivity contribution in [1.82, 2.24) is 5.32 Å². The highest BCUT2D eigenvalue weighted by Crippen LogP contribution is 2.41. The molecule has 2 fully saturated rings. The van der Waals surface area contributed by atoms with Crippen molar-refractivity contribution in [2.75, 3.05) is 6.54 Å². The highest BCUT2D eigenvalue weighted by molar-refractivity contribution is 5.81. The molecule has 1 heterocycles. The van der Waals surface area contributed by atoms with E-state index in [1.165, 1.54) is 0 Å². The maximum atomic E-state index is 11.3. The van der Waals surface area contributed by atoms with E-state index in [0.717, 1.165) is 19.4 Å². The number of hydrogen-bond donors (Lipinski definition) is 1. The average Bonchev–Trinajstić information content (AvgIpc) is 2.41. The molecule has 1 N–H and O–H groups in total. The Balaban J connectivity index is 2.13. The molecule has 3 atom stereocenters. The van der Waals surface area contributed by atoms with Gasteiger partial charge in [-0.3, -0.25) is 4.79 Å². The zero-order valence-corrected chi connectivity index (χ0v) is 8.76. The molecular weight excluding hydrogens is 162 g/mol. The van der Waals surface area contributed by atoms with Crippen LogP contribution in [0.25, 0.3) is 0 Å². The van der Waals surface area contributed by atoms with E-state index in [1.54, 1.807) is 0 Å². The highest BCUT2D eigenvalue weighted by Gasteiger charge is 2.46. The third kappa shape index (κ3) is 1.52. The van der Waals surface area contributed by atoms with E-state index in [-0.39, 0.29) is 0 Å². The normalized spacial score (nSPS) is 39.6. The van der Waals surface area contributed by atoms with Gasteiger partial charge < -0.3 is 5.32 Å². The molecule has 0 aromatic heterocycles. The Bertz CT molecular complexity index is 229. The Morgan fingerprint density at radius 3 is 2.62 bits per heavy atom. The van der Waals surface area contributed by atoms with E-state index < -0.39 is 0 Å². The summed E-state index contributed by atoms with van der Waals surface area (Å²) in [4.78, 5) is 11.3. The highest BCUT2D eigenvalue weighted by atomic mass is 16.1. The predicted molar refractivity (Wildman–Crippen MR) is 52.5 cm³/mol. The monoisotopic (exact) mass is 181 g/mol. The molecule has 2 heteroatoms. The van der Waals surface area contributed by atoms with Gasteiger partial charge in [0.15, 0.2) is 0 Å². The van der Waals surface area contributed by atoms with Crippen LogP contribution in [0.1, 0.15) is 33.6 Å². The van der Waals surface area contributed by atoms with E-state index in [1.807, 2.05) is 0 Å². The number of fused-ring (bicyclic) bond motifs is 1. The molecule has 74 valence electrons. The van der Waals surface area contributed by atoms with Gasteiger partial charge in [0, 0.05) is 18.9 Å². The Kier molecular flexibility index (Phi) is 1.99. The standard InChI is InChI=1S/C11H19NO/c1-11(2,3)10-9-5-8(13)4-7(9)6-12-10/h7,9-10,12H,4-6H2,1-3H3. The van der Waals surface area contributed by atoms with Crippen molar-refractivity contribution in [3.63, 3.8) is 0 Å². The summed E-state index contributed by atoms with van der Waals surface area (Å²) in [6, 6.07) is 0.545. The van der Waals surface area contributed by atoms with Crippen LogP contribution in [0.4, 0.5) is 0 Å². The predicted octanol–water partition coefficient (Wildman–Crippen LogP) is 1.60. The minimum atomic E-state index is 0.296. The molecule has 0 radical (unpaired) electrons. The number of hydrogen-bond acceptors (Lipinski definition) is 2. The summed E-state index contributed by atoms with van der Waals surface area (Å²) < 4.78 is 0. The van der Waals surface area contributed by atoms with Gasteiger partial charge in [-0.15, -0.1) is 0 Å². The van der Waals surface area contributed by atoms with Crippen LogP contribution in [0.5, 0.6) is 0 Å². The lowest BCUT2D eigenvalue weighted by Crippen LogP contribution is -2.39. The van der Waals surface area contributed by atoms with Crippen LogP contribution in [0.3, 0.4) is 0 Å². The third-order valence-corrected chi connectivity index (χ3v) is 3.52. The zero-order chi connectivity index (χ0) is 9.64. The maximum absolute atomic E-state index is 11.3. The fourth-order valence-corrected chi connectivity index (χ4v) is 2.95. The maximum Gasteiger partial charge on any atom is 0.133 e. The molecule has 3 unspecified atom stereocenters. The van der Waals surface area contributed by atoms with Crippen molar-refractivity contribution in [3.8, 4) is 0 Å². The zero-order valence-electron chi connectivity index (χ0n) is 8.76. The second-order valence-corrected chi connectivity index (χ2v) is 5.62. The molecule has 2 aliphatic rings. The average molecular weight is 181 g/mol. The number of rotatable bonds is 0. The molecule has 2 rings (SSSR count). The van der Waals surface area contributed by atoms with Crippen molar-refractivity contribution in [3.05, 3.63) is 0 Å². The molecule has 1 saturated carbocycles. The van der Waals surface area contributed by atoms with E-state index in [4.69, 9.17) is 0 Å². The summed E-state index contributed by atoms with van der Waals surface area (Å²) in [5.41, 5.74) is 0.296. The molecule has 0 aromatic carbocycles. The van der Waals surface area contributed by atoms with Gasteiger partial charge in [-0.25, -0.2) is 0 Å². The number of ketones is 1. The molecule has 13 heavy (non-hydrogen) atoms. The van der Waals surface area contributed by atoms with E-state index >= 15 is 0 Å². The summed E-state index contributed by atoms with van der Waals surface area (Å²) in [6.45, 7) is 7.83. The van der Waals surface area contributed by atoms with Crippen LogP contribution in [0.2, 0.25) is 0 Å². The Morgan fingerprint density at radius 2 is 2.00 bits per heavy atom. The van der Waals surface area contributed by atoms with Crippen LogP contribution < -0.4 is 5.32 Å². The summed E-state index contributed by atoms with van der Waals surface area (Å²) in [7, 11) is 0. The summed E-state index contributed by atoms with van der Waals surface area (Å²) >= 11 is 0. The van der Waals surface area contributed by atoms with Crippen LogP contribution >= 0.6 is 0 Å². The minimum absolute atomic E-state index is 0.296. The molecular formula is C11H19NO. The number of carbonyl (C=O) groups is 1. The van der Waals surface area contributed by atoms with Gasteiger partial charge >= 0.3 is 0 Å². The third-order valence-electron chi connectivity index (χ3n) is 3.52. The lowest BCUT2D eigenvalue weighted by atomic mass is 9.78. The number of carbonyl (C=O) groups excluding carboxylic acids is 1. The van der Waals surface area contributed by atoms with Crippen molar-refractivity contribution < 1.29 is 4.79 Å². The molecule has 1 aliphatic carbocycles. The van der Waals surface area contributed by atoms with E-state index in [0.29, 0.717) is 29.1 Å². The molecule has 2 nitrogen and oxygen atoms in total. The van der Waals surface area contributed by atoms with Gasteiger partial charge in [0.25, 0.3) is 0 Å². The Morgan fingerprint density at radius 1 is 1.31 bits per heavy atom. The van der Waals surface area contributed by atoms with Gasteiger partial charge in [0.1, 0.15) is 5.78 Å². The molecule has 0 spiro atoms. The van der Waals surface area contributed by atoms with Gasteiger partial charge in [-0.2, -0.15) is 0 Å². The smallest absolute Gasteiger partial charge is 0.133 e. The van der Waals surface area contributed by atoms with E-state index in [2.05, 4.69) is 26.1 Å². The summed E-state index contributed by atoms with van der Waals surface area (Å²) in [5, 5.41) is 3.57. The fraction of sp³-hybridized carbons (Fsp3) is 0.909. The largest absolute Gasteiger partial charge is 0.313 e. The molecule has 1 saturated heterocycles. The number of Topliss-reactive ketones (excluding diaryl/α,β-unsaturated/α-hetero) is 1. The van der Waals surface area contributed by atoms with E-state index in [9.17, 15) is 4.79 Å². The fourth-order valence-electron chi connectivity index (χ4n) is 2.95. The van der Waals surface area contributed by atoms with Crippen LogP contribution in [-0.2, 0) is 4.79 Å². The SMILES string of the molecule is CC(C)(C)C1NCC2CC(=O)CC21. The van der Waals surface area contributed by atoms with Crippen LogP contribution in [0, 0.1) is 17.3 Å². The second kappa shape index (κ2) is 2.81. The van der Waals surface area contributed by atoms with Crippen molar-refractivity contribution >= 4 is 5.78 Å². The van der Waals surface area contributed by atoms with Crippen molar-refractivity contribution in [1.29, 1.82) is 0 Å². The van der Waals surface area contributed by atoms with Gasteiger partial charge in [0.2, 0.25) is 0 Å². The summed E-state index contributed by atoms with van der Waals surface area (Å²) in [5.74, 6) is 1.73.